The van der Waals surface area contributed by atoms with Gasteiger partial charge in [-0.2, -0.15) is 0 Å². The fourth-order valence-corrected chi connectivity index (χ4v) is 3.15. The van der Waals surface area contributed by atoms with Gasteiger partial charge in [-0.3, -0.25) is 0 Å². The van der Waals surface area contributed by atoms with Crippen LogP contribution in [0.15, 0.2) is 11.2 Å². The maximum Gasteiger partial charge on any atom is 0.191 e. The SMILES string of the molecule is CNc1cc(N(C)C2CCC(C)(C)CC2)nc(SC)n1. The average Bonchev–Trinajstić information content (AvgIpc) is 2.46. The van der Waals surface area contributed by atoms with Crippen LogP contribution in [-0.4, -0.2) is 36.4 Å². The summed E-state index contributed by atoms with van der Waals surface area (Å²) in [6.07, 6.45) is 7.10. The third kappa shape index (κ3) is 3.57. The van der Waals surface area contributed by atoms with E-state index in [4.69, 9.17) is 0 Å². The molecule has 0 atom stereocenters. The first-order valence-corrected chi connectivity index (χ1v) is 8.51. The first-order valence-electron chi connectivity index (χ1n) is 7.29. The number of thioether (sulfide) groups is 1. The van der Waals surface area contributed by atoms with Crippen LogP contribution in [0.4, 0.5) is 11.6 Å². The molecule has 0 spiro atoms. The predicted molar refractivity (Wildman–Crippen MR) is 87.8 cm³/mol. The summed E-state index contributed by atoms with van der Waals surface area (Å²) >= 11 is 1.59. The van der Waals surface area contributed by atoms with Gasteiger partial charge in [-0.1, -0.05) is 25.6 Å². The Balaban J connectivity index is 2.14. The van der Waals surface area contributed by atoms with Gasteiger partial charge in [0.25, 0.3) is 0 Å². The van der Waals surface area contributed by atoms with Gasteiger partial charge in [0.1, 0.15) is 11.6 Å². The van der Waals surface area contributed by atoms with Crippen LogP contribution in [0.2, 0.25) is 0 Å². The van der Waals surface area contributed by atoms with E-state index in [1.165, 1.54) is 25.7 Å². The second-order valence-corrected chi connectivity index (χ2v) is 7.13. The second-order valence-electron chi connectivity index (χ2n) is 6.35. The largest absolute Gasteiger partial charge is 0.373 e. The molecular weight excluding hydrogens is 268 g/mol. The van der Waals surface area contributed by atoms with E-state index in [1.54, 1.807) is 11.8 Å². The van der Waals surface area contributed by atoms with E-state index in [1.807, 2.05) is 19.4 Å². The lowest BCUT2D eigenvalue weighted by atomic mass is 9.75. The molecule has 0 bridgehead atoms. The molecule has 2 rings (SSSR count). The van der Waals surface area contributed by atoms with Crippen molar-refractivity contribution in [3.8, 4) is 0 Å². The second kappa shape index (κ2) is 6.20. The highest BCUT2D eigenvalue weighted by Crippen LogP contribution is 2.37. The summed E-state index contributed by atoms with van der Waals surface area (Å²) < 4.78 is 0. The van der Waals surface area contributed by atoms with Gasteiger partial charge in [0, 0.05) is 26.2 Å². The van der Waals surface area contributed by atoms with Gasteiger partial charge in [-0.25, -0.2) is 9.97 Å². The summed E-state index contributed by atoms with van der Waals surface area (Å²) in [5.41, 5.74) is 0.504. The van der Waals surface area contributed by atoms with Gasteiger partial charge in [0.05, 0.1) is 0 Å². The molecule has 0 unspecified atom stereocenters. The topological polar surface area (TPSA) is 41.0 Å². The molecule has 0 aromatic carbocycles. The molecule has 0 aliphatic heterocycles. The number of nitrogens with zero attached hydrogens (tertiary/aromatic N) is 3. The first-order chi connectivity index (χ1) is 9.45. The highest BCUT2D eigenvalue weighted by Gasteiger charge is 2.29. The molecule has 1 N–H and O–H groups in total. The third-order valence-corrected chi connectivity index (χ3v) is 4.90. The van der Waals surface area contributed by atoms with Crippen LogP contribution in [-0.2, 0) is 0 Å². The van der Waals surface area contributed by atoms with Crippen LogP contribution in [0.1, 0.15) is 39.5 Å². The Kier molecular flexibility index (Phi) is 4.78. The molecule has 1 saturated carbocycles. The van der Waals surface area contributed by atoms with Gasteiger partial charge in [-0.15, -0.1) is 0 Å². The predicted octanol–water partition coefficient (Wildman–Crippen LogP) is 3.65. The number of anilines is 2. The minimum atomic E-state index is 0.504. The molecule has 5 heteroatoms. The molecule has 112 valence electrons. The molecule has 4 nitrogen and oxygen atoms in total. The maximum atomic E-state index is 4.65. The normalized spacial score (nSPS) is 18.9. The molecule has 1 aliphatic carbocycles. The highest BCUT2D eigenvalue weighted by atomic mass is 32.2. The first kappa shape index (κ1) is 15.4. The Morgan fingerprint density at radius 1 is 1.30 bits per heavy atom. The van der Waals surface area contributed by atoms with Crippen LogP contribution in [0.5, 0.6) is 0 Å². The molecule has 1 aromatic rings. The van der Waals surface area contributed by atoms with Crippen LogP contribution in [0.25, 0.3) is 0 Å². The average molecular weight is 294 g/mol. The van der Waals surface area contributed by atoms with Crippen molar-refractivity contribution in [2.24, 2.45) is 5.41 Å². The Morgan fingerprint density at radius 3 is 2.50 bits per heavy atom. The number of hydrogen-bond acceptors (Lipinski definition) is 5. The molecule has 0 saturated heterocycles. The third-order valence-electron chi connectivity index (χ3n) is 4.35. The van der Waals surface area contributed by atoms with Crippen molar-refractivity contribution in [1.82, 2.24) is 9.97 Å². The number of aromatic nitrogens is 2. The minimum Gasteiger partial charge on any atom is -0.373 e. The number of nitrogens with one attached hydrogen (secondary N) is 1. The van der Waals surface area contributed by atoms with Crippen molar-refractivity contribution in [1.29, 1.82) is 0 Å². The molecule has 1 fully saturated rings. The Bertz CT molecular complexity index is 429. The smallest absolute Gasteiger partial charge is 0.191 e. The van der Waals surface area contributed by atoms with Crippen LogP contribution in [0, 0.1) is 5.41 Å². The number of hydrogen-bond donors (Lipinski definition) is 1. The Hall–Kier alpha value is -0.970. The fraction of sp³-hybridized carbons (Fsp3) is 0.733. The van der Waals surface area contributed by atoms with Crippen molar-refractivity contribution in [2.75, 3.05) is 30.6 Å². The standard InChI is InChI=1S/C15H26N4S/c1-15(2)8-6-11(7-9-15)19(4)13-10-12(16-3)17-14(18-13)20-5/h10-11H,6-9H2,1-5H3,(H,16,17,18). The highest BCUT2D eigenvalue weighted by molar-refractivity contribution is 7.98. The van der Waals surface area contributed by atoms with Crippen molar-refractivity contribution >= 4 is 23.4 Å². The van der Waals surface area contributed by atoms with Crippen molar-refractivity contribution in [2.45, 2.75) is 50.7 Å². The van der Waals surface area contributed by atoms with Gasteiger partial charge >= 0.3 is 0 Å². The van der Waals surface area contributed by atoms with Crippen molar-refractivity contribution < 1.29 is 0 Å². The zero-order valence-corrected chi connectivity index (χ0v) is 14.0. The zero-order valence-electron chi connectivity index (χ0n) is 13.2. The van der Waals surface area contributed by atoms with E-state index in [0.29, 0.717) is 11.5 Å². The van der Waals surface area contributed by atoms with E-state index in [9.17, 15) is 0 Å². The summed E-state index contributed by atoms with van der Waals surface area (Å²) in [6.45, 7) is 4.75. The zero-order chi connectivity index (χ0) is 14.8. The molecule has 1 aromatic heterocycles. The molecule has 0 radical (unpaired) electrons. The molecule has 1 heterocycles. The summed E-state index contributed by atoms with van der Waals surface area (Å²) in [5.74, 6) is 1.92. The summed E-state index contributed by atoms with van der Waals surface area (Å²) in [4.78, 5) is 11.4. The van der Waals surface area contributed by atoms with E-state index in [0.717, 1.165) is 16.8 Å². The number of rotatable bonds is 4. The molecule has 20 heavy (non-hydrogen) atoms. The van der Waals surface area contributed by atoms with E-state index < -0.39 is 0 Å². The van der Waals surface area contributed by atoms with Crippen LogP contribution in [0.3, 0.4) is 0 Å². The summed E-state index contributed by atoms with van der Waals surface area (Å²) in [6, 6.07) is 2.64. The quantitative estimate of drug-likeness (QED) is 0.678. The maximum absolute atomic E-state index is 4.65. The van der Waals surface area contributed by atoms with E-state index >= 15 is 0 Å². The van der Waals surface area contributed by atoms with Gasteiger partial charge < -0.3 is 10.2 Å². The van der Waals surface area contributed by atoms with E-state index in [2.05, 4.69) is 41.1 Å². The Morgan fingerprint density at radius 2 is 1.95 bits per heavy atom. The Labute approximate surface area is 126 Å². The van der Waals surface area contributed by atoms with Crippen molar-refractivity contribution in [3.63, 3.8) is 0 Å². The van der Waals surface area contributed by atoms with Gasteiger partial charge in [-0.05, 0) is 37.4 Å². The summed E-state index contributed by atoms with van der Waals surface area (Å²) in [7, 11) is 4.06. The molecule has 0 amide bonds. The van der Waals surface area contributed by atoms with Crippen molar-refractivity contribution in [3.05, 3.63) is 6.07 Å². The van der Waals surface area contributed by atoms with Crippen LogP contribution >= 0.6 is 11.8 Å². The molecular formula is C15H26N4S. The minimum absolute atomic E-state index is 0.504. The van der Waals surface area contributed by atoms with Crippen LogP contribution < -0.4 is 10.2 Å². The van der Waals surface area contributed by atoms with Gasteiger partial charge in [0.15, 0.2) is 5.16 Å². The lowest BCUT2D eigenvalue weighted by Crippen LogP contribution is -2.37. The monoisotopic (exact) mass is 294 g/mol. The summed E-state index contributed by atoms with van der Waals surface area (Å²) in [5, 5.41) is 3.95. The fourth-order valence-electron chi connectivity index (χ4n) is 2.77. The van der Waals surface area contributed by atoms with Gasteiger partial charge in [0.2, 0.25) is 0 Å². The molecule has 1 aliphatic rings. The van der Waals surface area contributed by atoms with E-state index in [-0.39, 0.29) is 0 Å². The lowest BCUT2D eigenvalue weighted by molar-refractivity contribution is 0.222. The lowest BCUT2D eigenvalue weighted by Gasteiger charge is -2.39.